The van der Waals surface area contributed by atoms with E-state index in [0.717, 1.165) is 36.9 Å². The summed E-state index contributed by atoms with van der Waals surface area (Å²) in [5.74, 6) is -1.13. The molecular weight excluding hydrogens is 437 g/mol. The van der Waals surface area contributed by atoms with Gasteiger partial charge in [0, 0.05) is 5.56 Å². The molecule has 3 rings (SSSR count). The summed E-state index contributed by atoms with van der Waals surface area (Å²) in [7, 11) is 0. The molecule has 0 fully saturated rings. The summed E-state index contributed by atoms with van der Waals surface area (Å²) in [4.78, 5) is 10.7. The Kier molecular flexibility index (Phi) is 5.30. The summed E-state index contributed by atoms with van der Waals surface area (Å²) < 4.78 is 1.52. The average Bonchev–Trinajstić information content (AvgIpc) is 2.48. The third kappa shape index (κ3) is 3.91. The van der Waals surface area contributed by atoms with Gasteiger partial charge in [0.05, 0.1) is 5.97 Å². The van der Waals surface area contributed by atoms with Crippen molar-refractivity contribution in [1.82, 2.24) is 0 Å². The van der Waals surface area contributed by atoms with Crippen LogP contribution in [0.4, 0.5) is 0 Å². The van der Waals surface area contributed by atoms with E-state index in [1.165, 1.54) is 3.07 Å². The van der Waals surface area contributed by atoms with Crippen LogP contribution in [-0.4, -0.2) is 5.97 Å². The number of hydrogen-bond acceptors (Lipinski definition) is 2. The number of aromatic carboxylic acids is 1. The van der Waals surface area contributed by atoms with Crippen molar-refractivity contribution in [2.45, 2.75) is 0 Å². The molecule has 0 aromatic heterocycles. The second kappa shape index (κ2) is 7.20. The van der Waals surface area contributed by atoms with Crippen molar-refractivity contribution in [2.24, 2.45) is 0 Å². The van der Waals surface area contributed by atoms with Crippen molar-refractivity contribution in [3.8, 4) is 0 Å². The molecule has 94 valence electrons. The van der Waals surface area contributed by atoms with E-state index in [4.69, 9.17) is 0 Å². The predicted octanol–water partition coefficient (Wildman–Crippen LogP) is 2.06. The molecule has 2 nitrogen and oxygen atoms in total. The Hall–Kier alpha value is -1.67. The van der Waals surface area contributed by atoms with E-state index >= 15 is 0 Å². The number of rotatable bonds is 1. The van der Waals surface area contributed by atoms with Gasteiger partial charge in [-0.05, 0) is 10.8 Å². The SMILES string of the molecule is O=C([O-])c1cccc2ccccc12.[Hg+][c]1ccccc1. The molecule has 0 aliphatic rings. The fraction of sp³-hybridized carbons (Fsp3) is 0. The molecule has 3 aromatic rings. The topological polar surface area (TPSA) is 40.1 Å². The van der Waals surface area contributed by atoms with E-state index in [1.807, 2.05) is 24.3 Å². The molecule has 0 atom stereocenters. The molecule has 0 spiro atoms. The van der Waals surface area contributed by atoms with Crippen LogP contribution in [-0.2, 0) is 26.1 Å². The molecule has 20 heavy (non-hydrogen) atoms. The first-order chi connectivity index (χ1) is 9.68. The van der Waals surface area contributed by atoms with Crippen LogP contribution in [0, 0.1) is 0 Å². The van der Waals surface area contributed by atoms with Gasteiger partial charge in [0.25, 0.3) is 0 Å². The fourth-order valence-corrected chi connectivity index (χ4v) is 2.94. The first-order valence-electron chi connectivity index (χ1n) is 6.24. The van der Waals surface area contributed by atoms with E-state index in [9.17, 15) is 9.90 Å². The minimum atomic E-state index is -1.13. The van der Waals surface area contributed by atoms with Gasteiger partial charge in [-0.1, -0.05) is 42.5 Å². The molecular formula is C17H12HgO2. The van der Waals surface area contributed by atoms with Crippen LogP contribution in [0.5, 0.6) is 0 Å². The predicted molar refractivity (Wildman–Crippen MR) is 74.4 cm³/mol. The number of benzene rings is 3. The van der Waals surface area contributed by atoms with Gasteiger partial charge in [-0.2, -0.15) is 0 Å². The van der Waals surface area contributed by atoms with Gasteiger partial charge >= 0.3 is 59.5 Å². The third-order valence-corrected chi connectivity index (χ3v) is 4.68. The Morgan fingerprint density at radius 3 is 2.00 bits per heavy atom. The molecule has 0 unspecified atom stereocenters. The summed E-state index contributed by atoms with van der Waals surface area (Å²) >= 11 is 0.810. The Morgan fingerprint density at radius 1 is 0.800 bits per heavy atom. The Balaban J connectivity index is 0.000000178. The van der Waals surface area contributed by atoms with Gasteiger partial charge in [0.15, 0.2) is 0 Å². The molecule has 0 amide bonds. The average molecular weight is 449 g/mol. The van der Waals surface area contributed by atoms with Crippen molar-refractivity contribution in [1.29, 1.82) is 0 Å². The molecule has 0 radical (unpaired) electrons. The number of carboxylic acids is 1. The first kappa shape index (κ1) is 14.7. The summed E-state index contributed by atoms with van der Waals surface area (Å²) in [6.45, 7) is 0. The zero-order valence-corrected chi connectivity index (χ0v) is 16.4. The van der Waals surface area contributed by atoms with Crippen LogP contribution in [0.15, 0.2) is 72.8 Å². The normalized spacial score (nSPS) is 9.70. The Morgan fingerprint density at radius 2 is 1.40 bits per heavy atom. The van der Waals surface area contributed by atoms with E-state index < -0.39 is 5.97 Å². The molecule has 0 bridgehead atoms. The van der Waals surface area contributed by atoms with Gasteiger partial charge in [-0.15, -0.1) is 0 Å². The van der Waals surface area contributed by atoms with Crippen LogP contribution in [0.1, 0.15) is 10.4 Å². The molecule has 0 heterocycles. The van der Waals surface area contributed by atoms with E-state index in [2.05, 4.69) is 30.3 Å². The van der Waals surface area contributed by atoms with Gasteiger partial charge in [0.2, 0.25) is 0 Å². The number of carboxylic acid groups (broad SMARTS) is 1. The van der Waals surface area contributed by atoms with Crippen LogP contribution in [0.2, 0.25) is 0 Å². The maximum atomic E-state index is 10.7. The zero-order chi connectivity index (χ0) is 14.4. The number of hydrogen-bond donors (Lipinski definition) is 0. The van der Waals surface area contributed by atoms with Gasteiger partial charge in [0.1, 0.15) is 0 Å². The van der Waals surface area contributed by atoms with E-state index in [1.54, 1.807) is 18.2 Å². The van der Waals surface area contributed by atoms with Crippen molar-refractivity contribution in [2.75, 3.05) is 0 Å². The maximum absolute atomic E-state index is 10.7. The quantitative estimate of drug-likeness (QED) is 0.535. The summed E-state index contributed by atoms with van der Waals surface area (Å²) in [6.07, 6.45) is 0. The second-order valence-electron chi connectivity index (χ2n) is 4.30. The van der Waals surface area contributed by atoms with Crippen molar-refractivity contribution >= 4 is 19.8 Å². The van der Waals surface area contributed by atoms with Crippen LogP contribution >= 0.6 is 0 Å². The minimum absolute atomic E-state index is 0.248. The Bertz CT molecular complexity index is 703. The molecule has 0 saturated carbocycles. The molecule has 3 aromatic carbocycles. The fourth-order valence-electron chi connectivity index (χ4n) is 1.88. The van der Waals surface area contributed by atoms with Crippen molar-refractivity contribution < 1.29 is 36.0 Å². The molecule has 0 N–H and O–H groups in total. The number of carbonyl (C=O) groups excluding carboxylic acids is 1. The van der Waals surface area contributed by atoms with Crippen LogP contribution in [0.3, 0.4) is 0 Å². The van der Waals surface area contributed by atoms with Gasteiger partial charge in [-0.25, -0.2) is 0 Å². The monoisotopic (exact) mass is 450 g/mol. The third-order valence-electron chi connectivity index (χ3n) is 2.85. The van der Waals surface area contributed by atoms with Gasteiger partial charge < -0.3 is 9.90 Å². The zero-order valence-electron chi connectivity index (χ0n) is 11.0. The first-order valence-corrected chi connectivity index (χ1v) is 8.99. The van der Waals surface area contributed by atoms with Crippen LogP contribution in [0.25, 0.3) is 10.8 Å². The standard InChI is InChI=1S/C11H8O2.C6H5.Hg/c12-11(13)10-7-3-5-8-4-1-2-6-9(8)10;1-2-4-6-5-3-1;/h1-7H,(H,12,13);1-5H;/q;;+1/p-1. The summed E-state index contributed by atoms with van der Waals surface area (Å²) in [5.41, 5.74) is 0.248. The van der Waals surface area contributed by atoms with Crippen molar-refractivity contribution in [3.05, 3.63) is 78.4 Å². The molecule has 0 aliphatic heterocycles. The van der Waals surface area contributed by atoms with Crippen LogP contribution < -0.4 is 8.18 Å². The number of fused-ring (bicyclic) bond motifs is 1. The summed E-state index contributed by atoms with van der Waals surface area (Å²) in [5, 5.41) is 12.4. The second-order valence-corrected chi connectivity index (χ2v) is 7.47. The van der Waals surface area contributed by atoms with Gasteiger partial charge in [-0.3, -0.25) is 0 Å². The molecule has 3 heteroatoms. The Labute approximate surface area is 134 Å². The molecule has 0 saturated heterocycles. The summed E-state index contributed by atoms with van der Waals surface area (Å²) in [6, 6.07) is 23.1. The van der Waals surface area contributed by atoms with E-state index in [0.29, 0.717) is 0 Å². The van der Waals surface area contributed by atoms with E-state index in [-0.39, 0.29) is 5.56 Å². The van der Waals surface area contributed by atoms with Crippen molar-refractivity contribution in [3.63, 3.8) is 0 Å². The number of carbonyl (C=O) groups is 1. The molecule has 0 aliphatic carbocycles.